The standard InChI is InChI=1S/C22H41N3O4.C20H37N3O4.C17H34N4O3.C9H17BNO3.C8H15BNO3.C7H13BNO3.C7H15NO2.C6H13NO2.ClH/c1-11-22(12-2,23-9)20(29)24-17(21(6,7)8)18(26)25(10)16(14(3)4)13-15(5)19(27)28;1-10-27-19(26)14(4)11-15(13(2)3)23(9)18(25)17(20(5,6)7)22-16(24)12-21-8;1-9-24-16(23)12(4)10-13(11(2)3)20(8)15(22)14(21(18)19)17(5,6)7;1-5-9(6-2,8(13)14-4)11(3)10-7-12;1-4-8(5-2,7(12)13-3)10-9-6-11;1-3-7(4-2,6(11)12)9-8-5-10;1-4-7(5-2,8-3)6(9)10;1-3-6(7,4-2)5(8)9;/h13-14,16-17,23H,11-12H2,1-10H3,(H,24,29)(H,27,28);11,13,15,17,21H,10,12H2,1-9H3,(H,22,24);10-11,13-14H,9,18-19H2,1-8H3;7H,5-6H2,1-4H3;6,10H,4-5H2,1-3H3;5,9H,3-4H2,1-2H3,(H,11,12);8H,4-5H2,1-3H3,(H,9,10);3-4,7H2,1-2H3,(H,8,9);1H/b15-13+;14-11+;12-10+;;;;;;/t16-,17-;15-,17-;13-,14-;;;;;;/m111....../s1. The van der Waals surface area contributed by atoms with Gasteiger partial charge in [-0.25, -0.2) is 14.4 Å². The summed E-state index contributed by atoms with van der Waals surface area (Å²) >= 11 is 0. The van der Waals surface area contributed by atoms with Crippen molar-refractivity contribution in [1.82, 2.24) is 61.7 Å². The second-order valence-corrected chi connectivity index (χ2v) is 37.7. The molecule has 805 valence electrons. The molecule has 0 bridgehead atoms. The van der Waals surface area contributed by atoms with Gasteiger partial charge in [0.25, 0.3) is 22.2 Å². The van der Waals surface area contributed by atoms with Crippen molar-refractivity contribution in [2.75, 3.05) is 83.3 Å². The number of hydrogen-bond donors (Lipinski definition) is 14. The number of rotatable bonds is 51. The molecular weight excluding hydrogens is 1820 g/mol. The van der Waals surface area contributed by atoms with Gasteiger partial charge in [0.1, 0.15) is 45.8 Å². The van der Waals surface area contributed by atoms with Crippen LogP contribution in [0.2, 0.25) is 0 Å². The molecule has 0 rings (SSSR count). The largest absolute Gasteiger partial charge is 0.480 e. The third-order valence-electron chi connectivity index (χ3n) is 24.6. The van der Waals surface area contributed by atoms with Gasteiger partial charge in [-0.3, -0.25) is 59.6 Å². The fourth-order valence-corrected chi connectivity index (χ4v) is 14.1. The first kappa shape index (κ1) is 148. The Morgan fingerprint density at radius 3 is 0.950 bits per heavy atom. The molecule has 43 heteroatoms. The second kappa shape index (κ2) is 73.5. The summed E-state index contributed by atoms with van der Waals surface area (Å²) in [7, 11) is 18.3. The zero-order valence-corrected chi connectivity index (χ0v) is 93.1. The van der Waals surface area contributed by atoms with Crippen LogP contribution in [0.3, 0.4) is 0 Å². The van der Waals surface area contributed by atoms with Crippen LogP contribution in [-0.4, -0.2) is 316 Å². The van der Waals surface area contributed by atoms with Crippen LogP contribution in [0.25, 0.3) is 0 Å². The van der Waals surface area contributed by atoms with E-state index in [1.165, 1.54) is 36.0 Å². The van der Waals surface area contributed by atoms with Gasteiger partial charge in [0.15, 0.2) is 0 Å². The van der Waals surface area contributed by atoms with Crippen LogP contribution in [0, 0.1) is 34.0 Å². The monoisotopic (exact) mass is 2000 g/mol. The van der Waals surface area contributed by atoms with Crippen LogP contribution in [0.1, 0.15) is 299 Å². The molecule has 0 aromatic heterocycles. The van der Waals surface area contributed by atoms with Crippen molar-refractivity contribution in [2.24, 2.45) is 51.4 Å². The number of ether oxygens (including phenoxy) is 4. The second-order valence-electron chi connectivity index (χ2n) is 37.7. The number of carbonyl (C=O) groups excluding carboxylic acids is 12. The predicted molar refractivity (Wildman–Crippen MR) is 554 cm³/mol. The SMILES string of the molecule is CCC(CC)(C(=O)OC)N(C)[B]C=O.CCC(CC)(NC)C(=O)N[C@H](C(=O)N(C)[C@H](/C=C(\C)C(=O)O)C(C)C)C(C)(C)C.CCC(CC)(NC)C(=O)O.CCC(CC)(N[B]C=O)C(=O)O.CCC(CC)(N[B]C=O)C(=O)OC.CCC(N)(CC)C(=O)O.CCOC(=O)/C(C)=C/[C@H](C(C)C)N(C)C(=O)[C@@H](N(N)N)C(C)(C)C.CCOC(=O)/C(C)=C/[C@H](C(C)C)N(C)C(=O)[C@@H](NC(=O)CNC)C(C)(C)C.Cl. The Kier molecular flexibility index (Phi) is 78.3. The topological polar surface area (TPSA) is 569 Å². The molecule has 0 aliphatic rings. The molecule has 17 N–H and O–H groups in total. The Balaban J connectivity index is -0.000000205. The average Bonchev–Trinajstić information content (AvgIpc) is 0.796. The number of amides is 5. The highest BCUT2D eigenvalue weighted by Crippen LogP contribution is 2.30. The van der Waals surface area contributed by atoms with Crippen LogP contribution >= 0.6 is 12.4 Å². The van der Waals surface area contributed by atoms with Crippen LogP contribution in [0.15, 0.2) is 34.9 Å². The molecule has 39 nitrogen and oxygen atoms in total. The van der Waals surface area contributed by atoms with Crippen molar-refractivity contribution in [3.05, 3.63) is 34.9 Å². The number of hydrazine groups is 2. The first-order valence-corrected chi connectivity index (χ1v) is 47.6. The van der Waals surface area contributed by atoms with Crippen molar-refractivity contribution in [1.29, 1.82) is 0 Å². The fourth-order valence-electron chi connectivity index (χ4n) is 14.1. The Hall–Kier alpha value is -8.58. The molecular formula is C96H186B3ClN15O24. The number of hydrogen-bond acceptors (Lipinski definition) is 30. The zero-order valence-electron chi connectivity index (χ0n) is 92.3. The lowest BCUT2D eigenvalue weighted by atomic mass is 9.81. The van der Waals surface area contributed by atoms with Crippen molar-refractivity contribution < 1.29 is 116 Å². The van der Waals surface area contributed by atoms with Crippen molar-refractivity contribution in [3.63, 3.8) is 0 Å². The summed E-state index contributed by atoms with van der Waals surface area (Å²) in [6.07, 6.45) is 13.6. The number of carboxylic acids is 4. The number of halogens is 1. The predicted octanol–water partition coefficient (Wildman–Crippen LogP) is 8.45. The summed E-state index contributed by atoms with van der Waals surface area (Å²) in [5, 5.41) is 56.2. The first-order valence-electron chi connectivity index (χ1n) is 47.6. The lowest BCUT2D eigenvalue weighted by Crippen LogP contribution is -2.62. The number of nitrogens with two attached hydrogens (primary N) is 3. The number of carbonyl (C=O) groups is 16. The number of methoxy groups -OCH3 is 2. The summed E-state index contributed by atoms with van der Waals surface area (Å²) in [5.41, 5.74) is 0.246. The Labute approximate surface area is 841 Å². The van der Waals surface area contributed by atoms with Gasteiger partial charge in [-0.2, -0.15) is 5.12 Å². The third-order valence-corrected chi connectivity index (χ3v) is 24.6. The maximum atomic E-state index is 13.4. The minimum Gasteiger partial charge on any atom is -0.480 e. The first-order chi connectivity index (χ1) is 63.4. The summed E-state index contributed by atoms with van der Waals surface area (Å²) in [4.78, 5) is 191. The van der Waals surface area contributed by atoms with Gasteiger partial charge >= 0.3 is 47.8 Å². The van der Waals surface area contributed by atoms with E-state index in [1.807, 2.05) is 159 Å². The lowest BCUT2D eigenvalue weighted by molar-refractivity contribution is -0.152. The summed E-state index contributed by atoms with van der Waals surface area (Å²) in [6, 6.07) is -3.07. The number of aliphatic carboxylic acids is 4. The maximum Gasteiger partial charge on any atom is 0.333 e. The van der Waals surface area contributed by atoms with Crippen LogP contribution in [0.4, 0.5) is 0 Å². The minimum absolute atomic E-state index is 0. The molecule has 0 heterocycles. The number of nitrogens with one attached hydrogen (secondary N) is 7. The van der Waals surface area contributed by atoms with E-state index in [9.17, 15) is 81.8 Å². The Morgan fingerprint density at radius 1 is 0.417 bits per heavy atom. The van der Waals surface area contributed by atoms with Gasteiger partial charge in [-0.1, -0.05) is 205 Å². The van der Waals surface area contributed by atoms with Crippen molar-refractivity contribution in [2.45, 2.75) is 368 Å². The van der Waals surface area contributed by atoms with Gasteiger partial charge in [0.2, 0.25) is 29.5 Å². The highest BCUT2D eigenvalue weighted by molar-refractivity contribution is 6.65. The highest BCUT2D eigenvalue weighted by Gasteiger charge is 2.45. The number of likely N-dealkylation sites (N-methyl/N-ethyl adjacent to an activating group) is 7. The third kappa shape index (κ3) is 50.8. The molecule has 0 aliphatic carbocycles. The lowest BCUT2D eigenvalue weighted by Gasteiger charge is -2.39. The van der Waals surface area contributed by atoms with E-state index in [0.717, 1.165) is 12.5 Å². The minimum atomic E-state index is -1.01. The molecule has 0 saturated heterocycles. The highest BCUT2D eigenvalue weighted by atomic mass is 35.5. The van der Waals surface area contributed by atoms with E-state index in [4.69, 9.17) is 46.9 Å². The zero-order chi connectivity index (χ0) is 111. The molecule has 0 unspecified atom stereocenters. The van der Waals surface area contributed by atoms with Gasteiger partial charge in [0, 0.05) is 37.9 Å². The summed E-state index contributed by atoms with van der Waals surface area (Å²) in [5.74, 6) is 5.51. The van der Waals surface area contributed by atoms with E-state index in [2.05, 4.69) is 41.8 Å². The van der Waals surface area contributed by atoms with Crippen LogP contribution < -0.4 is 54.5 Å². The normalized spacial score (nSPS) is 13.3. The van der Waals surface area contributed by atoms with E-state index in [-0.39, 0.29) is 102 Å². The molecule has 6 atom stereocenters. The van der Waals surface area contributed by atoms with E-state index in [0.29, 0.717) is 120 Å². The van der Waals surface area contributed by atoms with E-state index < -0.39 is 103 Å². The molecule has 5 amide bonds. The van der Waals surface area contributed by atoms with E-state index >= 15 is 0 Å². The van der Waals surface area contributed by atoms with Gasteiger partial charge in [-0.05, 0) is 174 Å². The Bertz CT molecular complexity index is 3740. The van der Waals surface area contributed by atoms with Crippen LogP contribution in [0.5, 0.6) is 0 Å². The smallest absolute Gasteiger partial charge is 0.333 e. The number of esters is 4. The average molecular weight is 2000 g/mol. The van der Waals surface area contributed by atoms with E-state index in [1.54, 1.807) is 142 Å². The molecule has 0 fully saturated rings. The van der Waals surface area contributed by atoms with Crippen molar-refractivity contribution >= 4 is 130 Å². The molecule has 0 aromatic carbocycles. The summed E-state index contributed by atoms with van der Waals surface area (Å²) < 4.78 is 19.4. The molecule has 3 radical (unpaired) electrons. The van der Waals surface area contributed by atoms with Gasteiger partial charge in [0.05, 0.1) is 76.2 Å². The molecule has 0 spiro atoms. The Morgan fingerprint density at radius 2 is 0.734 bits per heavy atom. The fraction of sp³-hybridized carbons (Fsp3) is 0.771. The molecule has 139 heavy (non-hydrogen) atoms. The molecule has 0 saturated carbocycles. The maximum absolute atomic E-state index is 13.4. The number of carboxylic acid groups (broad SMARTS) is 4. The van der Waals surface area contributed by atoms with Gasteiger partial charge in [-0.15, -0.1) is 12.4 Å². The quantitative estimate of drug-likeness (QED) is 0.00516. The van der Waals surface area contributed by atoms with Crippen molar-refractivity contribution in [3.8, 4) is 0 Å². The number of nitrogens with zero attached hydrogens (tertiary/aromatic N) is 5. The van der Waals surface area contributed by atoms with Crippen LogP contribution in [-0.2, 0) is 95.7 Å². The summed E-state index contributed by atoms with van der Waals surface area (Å²) in [6.45, 7) is 60.3. The molecule has 0 aliphatic heterocycles. The molecule has 0 aromatic rings. The van der Waals surface area contributed by atoms with Gasteiger partial charge < -0.3 is 116 Å².